The van der Waals surface area contributed by atoms with Crippen LogP contribution in [0.4, 0.5) is 10.2 Å². The summed E-state index contributed by atoms with van der Waals surface area (Å²) in [7, 11) is 1.80. The first-order chi connectivity index (χ1) is 6.70. The number of nitrogens with one attached hydrogen (secondary N) is 1. The first-order valence-corrected chi connectivity index (χ1v) is 4.93. The molecule has 0 aliphatic rings. The molecule has 4 heteroatoms. The molecular weight excluding hydrogens is 247 g/mol. The first kappa shape index (κ1) is 9.40. The van der Waals surface area contributed by atoms with E-state index >= 15 is 0 Å². The van der Waals surface area contributed by atoms with E-state index in [1.165, 1.54) is 12.1 Å². The van der Waals surface area contributed by atoms with Crippen molar-refractivity contribution in [3.05, 3.63) is 34.6 Å². The quantitative estimate of drug-likeness (QED) is 0.846. The summed E-state index contributed by atoms with van der Waals surface area (Å²) >= 11 is 3.28. The van der Waals surface area contributed by atoms with Crippen LogP contribution in [0.15, 0.2) is 28.7 Å². The van der Waals surface area contributed by atoms with Crippen molar-refractivity contribution in [2.24, 2.45) is 0 Å². The van der Waals surface area contributed by atoms with Crippen LogP contribution in [0, 0.1) is 5.82 Å². The largest absolute Gasteiger partial charge is 0.373 e. The number of hydrogen-bond donors (Lipinski definition) is 1. The van der Waals surface area contributed by atoms with E-state index in [1.54, 1.807) is 7.05 Å². The molecule has 0 saturated heterocycles. The molecule has 1 N–H and O–H groups in total. The van der Waals surface area contributed by atoms with Crippen LogP contribution in [0.3, 0.4) is 0 Å². The zero-order chi connectivity index (χ0) is 10.1. The highest BCUT2D eigenvalue weighted by atomic mass is 79.9. The summed E-state index contributed by atoms with van der Waals surface area (Å²) in [4.78, 5) is 4.31. The van der Waals surface area contributed by atoms with Gasteiger partial charge in [-0.15, -0.1) is 0 Å². The van der Waals surface area contributed by atoms with Crippen molar-refractivity contribution in [3.63, 3.8) is 0 Å². The standard InChI is InChI=1S/C10H8BrFN2/c1-13-9-3-2-6-4-7(12)5-8(11)10(6)14-9/h2-5H,1H3,(H,13,14). The van der Waals surface area contributed by atoms with E-state index in [0.717, 1.165) is 16.7 Å². The summed E-state index contributed by atoms with van der Waals surface area (Å²) in [5, 5.41) is 3.72. The average molecular weight is 255 g/mol. The number of benzene rings is 1. The molecule has 2 nitrogen and oxygen atoms in total. The van der Waals surface area contributed by atoms with Gasteiger partial charge in [0.15, 0.2) is 0 Å². The lowest BCUT2D eigenvalue weighted by Crippen LogP contribution is -1.92. The monoisotopic (exact) mass is 254 g/mol. The number of fused-ring (bicyclic) bond motifs is 1. The molecule has 0 unspecified atom stereocenters. The van der Waals surface area contributed by atoms with Crippen LogP contribution in [0.2, 0.25) is 0 Å². The van der Waals surface area contributed by atoms with Crippen LogP contribution < -0.4 is 5.32 Å². The normalized spacial score (nSPS) is 10.5. The smallest absolute Gasteiger partial charge is 0.126 e. The fraction of sp³-hybridized carbons (Fsp3) is 0.100. The predicted molar refractivity (Wildman–Crippen MR) is 58.9 cm³/mol. The minimum Gasteiger partial charge on any atom is -0.373 e. The maximum atomic E-state index is 13.0. The third-order valence-electron chi connectivity index (χ3n) is 1.97. The number of hydrogen-bond acceptors (Lipinski definition) is 2. The fourth-order valence-electron chi connectivity index (χ4n) is 1.30. The van der Waals surface area contributed by atoms with E-state index < -0.39 is 0 Å². The fourth-order valence-corrected chi connectivity index (χ4v) is 1.83. The lowest BCUT2D eigenvalue weighted by atomic mass is 10.2. The lowest BCUT2D eigenvalue weighted by Gasteiger charge is -2.03. The molecule has 0 spiro atoms. The Morgan fingerprint density at radius 3 is 2.86 bits per heavy atom. The number of halogens is 2. The van der Waals surface area contributed by atoms with Crippen LogP contribution in [-0.4, -0.2) is 12.0 Å². The van der Waals surface area contributed by atoms with E-state index in [2.05, 4.69) is 26.2 Å². The molecule has 14 heavy (non-hydrogen) atoms. The molecule has 0 fully saturated rings. The second kappa shape index (κ2) is 3.53. The SMILES string of the molecule is CNc1ccc2cc(F)cc(Br)c2n1. The molecule has 0 amide bonds. The van der Waals surface area contributed by atoms with Gasteiger partial charge in [0.05, 0.1) is 5.52 Å². The minimum atomic E-state index is -0.261. The van der Waals surface area contributed by atoms with Gasteiger partial charge in [0, 0.05) is 16.9 Å². The number of rotatable bonds is 1. The Labute approximate surface area is 89.3 Å². The van der Waals surface area contributed by atoms with E-state index in [0.29, 0.717) is 4.47 Å². The molecule has 2 aromatic rings. The van der Waals surface area contributed by atoms with Gasteiger partial charge >= 0.3 is 0 Å². The van der Waals surface area contributed by atoms with Crippen LogP contribution in [-0.2, 0) is 0 Å². The summed E-state index contributed by atoms with van der Waals surface area (Å²) in [5.74, 6) is 0.508. The summed E-state index contributed by atoms with van der Waals surface area (Å²) in [6.45, 7) is 0. The Hall–Kier alpha value is -1.16. The van der Waals surface area contributed by atoms with E-state index in [-0.39, 0.29) is 5.82 Å². The number of pyridine rings is 1. The molecule has 0 aliphatic carbocycles. The lowest BCUT2D eigenvalue weighted by molar-refractivity contribution is 0.629. The number of nitrogens with zero attached hydrogens (tertiary/aromatic N) is 1. The maximum absolute atomic E-state index is 13.0. The highest BCUT2D eigenvalue weighted by Crippen LogP contribution is 2.24. The van der Waals surface area contributed by atoms with Gasteiger partial charge in [-0.3, -0.25) is 0 Å². The van der Waals surface area contributed by atoms with Crippen LogP contribution in [0.5, 0.6) is 0 Å². The Kier molecular flexibility index (Phi) is 2.37. The molecule has 72 valence electrons. The van der Waals surface area contributed by atoms with Crippen molar-refractivity contribution in [2.75, 3.05) is 12.4 Å². The van der Waals surface area contributed by atoms with Crippen molar-refractivity contribution >= 4 is 32.7 Å². The summed E-state index contributed by atoms with van der Waals surface area (Å²) in [5.41, 5.74) is 0.762. The third kappa shape index (κ3) is 1.57. The van der Waals surface area contributed by atoms with Crippen molar-refractivity contribution in [3.8, 4) is 0 Å². The van der Waals surface area contributed by atoms with Gasteiger partial charge in [0.25, 0.3) is 0 Å². The molecule has 1 heterocycles. The van der Waals surface area contributed by atoms with Crippen LogP contribution in [0.25, 0.3) is 10.9 Å². The first-order valence-electron chi connectivity index (χ1n) is 4.14. The molecular formula is C10H8BrFN2. The molecule has 0 radical (unpaired) electrons. The molecule has 0 aliphatic heterocycles. The van der Waals surface area contributed by atoms with E-state index in [1.807, 2.05) is 12.1 Å². The van der Waals surface area contributed by atoms with Gasteiger partial charge in [-0.1, -0.05) is 0 Å². The van der Waals surface area contributed by atoms with Crippen molar-refractivity contribution in [1.82, 2.24) is 4.98 Å². The van der Waals surface area contributed by atoms with Gasteiger partial charge in [-0.05, 0) is 40.2 Å². The Balaban J connectivity index is 2.75. The maximum Gasteiger partial charge on any atom is 0.126 e. The van der Waals surface area contributed by atoms with Crippen molar-refractivity contribution < 1.29 is 4.39 Å². The topological polar surface area (TPSA) is 24.9 Å². The highest BCUT2D eigenvalue weighted by Gasteiger charge is 2.03. The summed E-state index contributed by atoms with van der Waals surface area (Å²) in [6.07, 6.45) is 0. The molecule has 0 saturated carbocycles. The second-order valence-electron chi connectivity index (χ2n) is 2.91. The molecule has 1 aromatic heterocycles. The number of aromatic nitrogens is 1. The van der Waals surface area contributed by atoms with Gasteiger partial charge in [-0.25, -0.2) is 9.37 Å². The molecule has 1 aromatic carbocycles. The van der Waals surface area contributed by atoms with Crippen molar-refractivity contribution in [1.29, 1.82) is 0 Å². The summed E-state index contributed by atoms with van der Waals surface area (Å²) < 4.78 is 13.7. The van der Waals surface area contributed by atoms with Gasteiger partial charge < -0.3 is 5.32 Å². The molecule has 2 rings (SSSR count). The highest BCUT2D eigenvalue weighted by molar-refractivity contribution is 9.10. The van der Waals surface area contributed by atoms with E-state index in [9.17, 15) is 4.39 Å². The Morgan fingerprint density at radius 1 is 1.36 bits per heavy atom. The van der Waals surface area contributed by atoms with Crippen molar-refractivity contribution in [2.45, 2.75) is 0 Å². The van der Waals surface area contributed by atoms with Gasteiger partial charge in [0.2, 0.25) is 0 Å². The Bertz CT molecular complexity index is 485. The molecule has 0 bridgehead atoms. The number of anilines is 1. The predicted octanol–water partition coefficient (Wildman–Crippen LogP) is 3.18. The zero-order valence-electron chi connectivity index (χ0n) is 7.51. The average Bonchev–Trinajstić information content (AvgIpc) is 2.17. The molecule has 0 atom stereocenters. The van der Waals surface area contributed by atoms with Gasteiger partial charge in [-0.2, -0.15) is 0 Å². The Morgan fingerprint density at radius 2 is 2.14 bits per heavy atom. The van der Waals surface area contributed by atoms with Crippen LogP contribution in [0.1, 0.15) is 0 Å². The summed E-state index contributed by atoms with van der Waals surface area (Å²) in [6, 6.07) is 6.53. The third-order valence-corrected chi connectivity index (χ3v) is 2.57. The van der Waals surface area contributed by atoms with E-state index in [4.69, 9.17) is 0 Å². The minimum absolute atomic E-state index is 0.261. The van der Waals surface area contributed by atoms with Gasteiger partial charge in [0.1, 0.15) is 11.6 Å². The zero-order valence-corrected chi connectivity index (χ0v) is 9.10. The van der Waals surface area contributed by atoms with Crippen LogP contribution >= 0.6 is 15.9 Å². The second-order valence-corrected chi connectivity index (χ2v) is 3.76.